The number of rotatable bonds is 8. The average molecular weight is 589 g/mol. The van der Waals surface area contributed by atoms with Crippen molar-refractivity contribution in [1.29, 1.82) is 0 Å². The zero-order valence-corrected chi connectivity index (χ0v) is 25.0. The molecule has 0 saturated carbocycles. The molecule has 0 radical (unpaired) electrons. The first-order chi connectivity index (χ1) is 20.6. The zero-order chi connectivity index (χ0) is 30.3. The molecule has 2 aromatic carbocycles. The molecule has 3 saturated heterocycles. The van der Waals surface area contributed by atoms with Crippen LogP contribution in [0, 0.1) is 15.5 Å². The lowest BCUT2D eigenvalue weighted by atomic mass is 9.75. The summed E-state index contributed by atoms with van der Waals surface area (Å²) in [5, 5.41) is 25.0. The summed E-state index contributed by atoms with van der Waals surface area (Å²) in [5.41, 5.74) is 1.92. The fraction of sp³-hybridized carbons (Fsp3) is 0.516. The number of nitro benzene ring substituents is 1. The average Bonchev–Trinajstić information content (AvgIpc) is 2.92. The number of hydrogen-bond donors (Lipinski definition) is 2. The number of para-hydroxylation sites is 1. The Hall–Kier alpha value is -4.03. The van der Waals surface area contributed by atoms with Crippen LogP contribution < -0.4 is 10.2 Å². The minimum absolute atomic E-state index is 0.0257. The van der Waals surface area contributed by atoms with Gasteiger partial charge in [-0.3, -0.25) is 19.9 Å². The number of hydrogen-bond acceptors (Lipinski definition) is 9. The molecule has 2 unspecified atom stereocenters. The summed E-state index contributed by atoms with van der Waals surface area (Å²) in [7, 11) is 0. The van der Waals surface area contributed by atoms with Crippen LogP contribution in [0.3, 0.4) is 0 Å². The van der Waals surface area contributed by atoms with E-state index >= 15 is 0 Å². The third kappa shape index (κ3) is 5.94. The summed E-state index contributed by atoms with van der Waals surface area (Å²) in [6.45, 7) is 13.3. The quantitative estimate of drug-likeness (QED) is 0.296. The summed E-state index contributed by atoms with van der Waals surface area (Å²) >= 11 is 0. The van der Waals surface area contributed by atoms with Crippen LogP contribution >= 0.6 is 0 Å². The molecule has 3 aliphatic rings. The van der Waals surface area contributed by atoms with Gasteiger partial charge in [-0.25, -0.2) is 9.78 Å². The van der Waals surface area contributed by atoms with E-state index in [1.807, 2.05) is 24.3 Å². The van der Waals surface area contributed by atoms with Crippen molar-refractivity contribution in [2.75, 3.05) is 62.6 Å². The first-order valence-corrected chi connectivity index (χ1v) is 15.0. The van der Waals surface area contributed by atoms with E-state index in [-0.39, 0.29) is 28.1 Å². The number of nitro groups is 1. The molecule has 6 rings (SSSR count). The highest BCUT2D eigenvalue weighted by Crippen LogP contribution is 2.37. The lowest BCUT2D eigenvalue weighted by molar-refractivity contribution is -0.384. The van der Waals surface area contributed by atoms with Gasteiger partial charge < -0.3 is 20.2 Å². The summed E-state index contributed by atoms with van der Waals surface area (Å²) in [5.74, 6) is 1.52. The van der Waals surface area contributed by atoms with E-state index in [0.717, 1.165) is 73.9 Å². The van der Waals surface area contributed by atoms with Crippen molar-refractivity contribution in [3.05, 3.63) is 64.2 Å². The highest BCUT2D eigenvalue weighted by atomic mass is 16.6. The molecular formula is C31H40N8O4. The van der Waals surface area contributed by atoms with Crippen molar-refractivity contribution >= 4 is 34.4 Å². The molecular weight excluding hydrogens is 548 g/mol. The smallest absolute Gasteiger partial charge is 0.407 e. The Kier molecular flexibility index (Phi) is 7.82. The first-order valence-electron chi connectivity index (χ1n) is 15.0. The van der Waals surface area contributed by atoms with Crippen molar-refractivity contribution in [3.8, 4) is 0 Å². The second-order valence-corrected chi connectivity index (χ2v) is 12.9. The maximum atomic E-state index is 11.7. The van der Waals surface area contributed by atoms with Gasteiger partial charge in [0, 0.05) is 82.0 Å². The summed E-state index contributed by atoms with van der Waals surface area (Å²) in [6.07, 6.45) is -0.0992. The summed E-state index contributed by atoms with van der Waals surface area (Å²) in [6, 6.07) is 15.4. The second-order valence-electron chi connectivity index (χ2n) is 12.9. The molecule has 3 fully saturated rings. The zero-order valence-electron chi connectivity index (χ0n) is 25.0. The van der Waals surface area contributed by atoms with Gasteiger partial charge in [0.1, 0.15) is 5.82 Å². The first kappa shape index (κ1) is 29.1. The molecule has 43 heavy (non-hydrogen) atoms. The van der Waals surface area contributed by atoms with Crippen molar-refractivity contribution < 1.29 is 14.8 Å². The topological polar surface area (TPSA) is 131 Å². The Morgan fingerprint density at radius 3 is 2.33 bits per heavy atom. The Balaban J connectivity index is 1.04. The van der Waals surface area contributed by atoms with Crippen molar-refractivity contribution in [2.24, 2.45) is 5.41 Å². The molecule has 12 nitrogen and oxygen atoms in total. The van der Waals surface area contributed by atoms with E-state index < -0.39 is 6.09 Å². The number of piperazine rings is 1. The number of carbonyl (C=O) groups is 1. The third-order valence-corrected chi connectivity index (χ3v) is 9.14. The third-order valence-electron chi connectivity index (χ3n) is 9.14. The van der Waals surface area contributed by atoms with Gasteiger partial charge in [0.05, 0.1) is 16.5 Å². The van der Waals surface area contributed by atoms with Gasteiger partial charge in [0.25, 0.3) is 5.69 Å². The van der Waals surface area contributed by atoms with Crippen LogP contribution in [0.5, 0.6) is 0 Å². The van der Waals surface area contributed by atoms with Crippen LogP contribution in [0.2, 0.25) is 0 Å². The monoisotopic (exact) mass is 588 g/mol. The van der Waals surface area contributed by atoms with Crippen LogP contribution in [-0.4, -0.2) is 111 Å². The molecule has 0 aliphatic carbocycles. The largest absolute Gasteiger partial charge is 0.465 e. The molecule has 4 heterocycles. The lowest BCUT2D eigenvalue weighted by Gasteiger charge is -2.58. The standard InChI is InChI=1S/C31H40N8O4/c1-31(2,3)27-26(20-38(27)30(40)41)36-16-14-35(15-17-36)23-18-37(19-23)29-33-25-7-5-4-6-24(25)28(34-29)32-13-12-21-8-10-22(11-9-21)39(42)43/h4-11,23,26-27H,12-20H2,1-3H3,(H,40,41)(H,32,33,34). The van der Waals surface area contributed by atoms with Gasteiger partial charge in [-0.1, -0.05) is 45.0 Å². The normalized spacial score (nSPS) is 21.8. The van der Waals surface area contributed by atoms with Gasteiger partial charge in [0.15, 0.2) is 0 Å². The van der Waals surface area contributed by atoms with Crippen molar-refractivity contribution in [2.45, 2.75) is 45.3 Å². The molecule has 3 aliphatic heterocycles. The number of fused-ring (bicyclic) bond motifs is 1. The summed E-state index contributed by atoms with van der Waals surface area (Å²) < 4.78 is 0. The van der Waals surface area contributed by atoms with E-state index in [9.17, 15) is 20.0 Å². The molecule has 2 atom stereocenters. The van der Waals surface area contributed by atoms with Crippen molar-refractivity contribution in [1.82, 2.24) is 24.7 Å². The number of aromatic nitrogens is 2. The molecule has 1 amide bonds. The van der Waals surface area contributed by atoms with Crippen LogP contribution in [0.1, 0.15) is 26.3 Å². The van der Waals surface area contributed by atoms with E-state index in [1.165, 1.54) is 12.1 Å². The number of non-ortho nitro benzene ring substituents is 1. The Morgan fingerprint density at radius 2 is 1.67 bits per heavy atom. The van der Waals surface area contributed by atoms with Gasteiger partial charge in [0.2, 0.25) is 5.95 Å². The Bertz CT molecular complexity index is 1480. The van der Waals surface area contributed by atoms with Gasteiger partial charge >= 0.3 is 6.09 Å². The van der Waals surface area contributed by atoms with E-state index in [1.54, 1.807) is 17.0 Å². The Morgan fingerprint density at radius 1 is 1.00 bits per heavy atom. The number of carboxylic acid groups (broad SMARTS) is 1. The molecule has 1 aromatic heterocycles. The fourth-order valence-electron chi connectivity index (χ4n) is 6.78. The molecule has 3 aromatic rings. The number of anilines is 2. The predicted molar refractivity (Wildman–Crippen MR) is 166 cm³/mol. The van der Waals surface area contributed by atoms with Crippen LogP contribution in [0.25, 0.3) is 10.9 Å². The number of nitrogens with one attached hydrogen (secondary N) is 1. The van der Waals surface area contributed by atoms with Crippen LogP contribution in [0.4, 0.5) is 22.2 Å². The highest BCUT2D eigenvalue weighted by Gasteiger charge is 2.51. The lowest BCUT2D eigenvalue weighted by Crippen LogP contribution is -2.74. The molecule has 228 valence electrons. The van der Waals surface area contributed by atoms with Gasteiger partial charge in [-0.2, -0.15) is 4.98 Å². The summed E-state index contributed by atoms with van der Waals surface area (Å²) in [4.78, 5) is 40.9. The van der Waals surface area contributed by atoms with Gasteiger partial charge in [-0.05, 0) is 29.5 Å². The molecule has 2 N–H and O–H groups in total. The maximum Gasteiger partial charge on any atom is 0.407 e. The number of benzene rings is 2. The van der Waals surface area contributed by atoms with Gasteiger partial charge in [-0.15, -0.1) is 0 Å². The fourth-order valence-corrected chi connectivity index (χ4v) is 6.78. The predicted octanol–water partition coefficient (Wildman–Crippen LogP) is 3.78. The minimum Gasteiger partial charge on any atom is -0.465 e. The molecule has 0 spiro atoms. The van der Waals surface area contributed by atoms with Crippen LogP contribution in [0.15, 0.2) is 48.5 Å². The molecule has 12 heteroatoms. The van der Waals surface area contributed by atoms with E-state index in [0.29, 0.717) is 19.1 Å². The van der Waals surface area contributed by atoms with E-state index in [2.05, 4.69) is 40.8 Å². The number of likely N-dealkylation sites (tertiary alicyclic amines) is 1. The highest BCUT2D eigenvalue weighted by molar-refractivity contribution is 5.90. The maximum absolute atomic E-state index is 11.7. The second kappa shape index (κ2) is 11.6. The van der Waals surface area contributed by atoms with Crippen LogP contribution in [-0.2, 0) is 6.42 Å². The number of nitrogens with zero attached hydrogens (tertiary/aromatic N) is 7. The van der Waals surface area contributed by atoms with Crippen molar-refractivity contribution in [3.63, 3.8) is 0 Å². The number of amides is 1. The SMILES string of the molecule is CC(C)(C)C1C(N2CCN(C3CN(c4nc(NCCc5ccc([N+](=O)[O-])cc5)c5ccccc5n4)C3)CC2)CN1C(=O)O. The molecule has 0 bridgehead atoms. The van der Waals surface area contributed by atoms with E-state index in [4.69, 9.17) is 9.97 Å². The minimum atomic E-state index is -0.817. The Labute approximate surface area is 251 Å².